The van der Waals surface area contributed by atoms with Crippen LogP contribution in [0.5, 0.6) is 0 Å². The highest BCUT2D eigenvalue weighted by molar-refractivity contribution is 6.31. The molecule has 6 heteroatoms. The number of halogens is 3. The van der Waals surface area contributed by atoms with E-state index in [1.54, 1.807) is 12.3 Å². The summed E-state index contributed by atoms with van der Waals surface area (Å²) in [5, 5.41) is 0.969. The highest BCUT2D eigenvalue weighted by Crippen LogP contribution is 2.31. The van der Waals surface area contributed by atoms with Crippen molar-refractivity contribution in [1.29, 1.82) is 0 Å². The molecule has 0 amide bonds. The zero-order chi connectivity index (χ0) is 15.1. The third-order valence-corrected chi connectivity index (χ3v) is 4.14. The van der Waals surface area contributed by atoms with Crippen LogP contribution in [0.4, 0.5) is 0 Å². The fourth-order valence-corrected chi connectivity index (χ4v) is 2.77. The van der Waals surface area contributed by atoms with Gasteiger partial charge in [0.15, 0.2) is 5.65 Å². The average Bonchev–Trinajstić information content (AvgIpc) is 2.80. The van der Waals surface area contributed by atoms with Crippen LogP contribution in [0.25, 0.3) is 16.9 Å². The van der Waals surface area contributed by atoms with Crippen LogP contribution in [-0.4, -0.2) is 14.5 Å². The fourth-order valence-electron chi connectivity index (χ4n) is 2.30. The predicted octanol–water partition coefficient (Wildman–Crippen LogP) is 5.34. The van der Waals surface area contributed by atoms with Crippen LogP contribution in [-0.2, 0) is 0 Å². The van der Waals surface area contributed by atoms with Crippen LogP contribution in [0.1, 0.15) is 23.7 Å². The lowest BCUT2D eigenvalue weighted by atomic mass is 10.2. The second-order valence-electron chi connectivity index (χ2n) is 4.80. The summed E-state index contributed by atoms with van der Waals surface area (Å²) in [6.45, 7) is 3.84. The van der Waals surface area contributed by atoms with Crippen LogP contribution in [0.3, 0.4) is 0 Å². The Morgan fingerprint density at radius 2 is 2.00 bits per heavy atom. The van der Waals surface area contributed by atoms with Gasteiger partial charge in [0.2, 0.25) is 0 Å². The maximum absolute atomic E-state index is 6.28. The summed E-state index contributed by atoms with van der Waals surface area (Å²) < 4.78 is 1.94. The van der Waals surface area contributed by atoms with Crippen molar-refractivity contribution in [2.75, 3.05) is 0 Å². The van der Waals surface area contributed by atoms with Crippen molar-refractivity contribution >= 4 is 46.0 Å². The van der Waals surface area contributed by atoms with Gasteiger partial charge in [-0.05, 0) is 37.6 Å². The van der Waals surface area contributed by atoms with E-state index in [2.05, 4.69) is 9.97 Å². The molecule has 21 heavy (non-hydrogen) atoms. The third-order valence-electron chi connectivity index (χ3n) is 3.33. The van der Waals surface area contributed by atoms with E-state index in [1.807, 2.05) is 36.6 Å². The summed E-state index contributed by atoms with van der Waals surface area (Å²) >= 11 is 18.5. The Balaban J connectivity index is 2.39. The van der Waals surface area contributed by atoms with Crippen LogP contribution in [0.15, 0.2) is 30.5 Å². The molecule has 0 saturated heterocycles. The number of rotatable bonds is 2. The highest BCUT2D eigenvalue weighted by Gasteiger charge is 2.19. The number of fused-ring (bicyclic) bond motifs is 1. The Labute approximate surface area is 137 Å². The molecule has 0 aliphatic carbocycles. The predicted molar refractivity (Wildman–Crippen MR) is 87.9 cm³/mol. The molecule has 108 valence electrons. The first kappa shape index (κ1) is 14.6. The maximum atomic E-state index is 6.28. The summed E-state index contributed by atoms with van der Waals surface area (Å²) in [6, 6.07) is 7.51. The Morgan fingerprint density at radius 1 is 1.24 bits per heavy atom. The molecule has 0 saturated carbocycles. The van der Waals surface area contributed by atoms with E-state index >= 15 is 0 Å². The summed E-state index contributed by atoms with van der Waals surface area (Å²) in [5.41, 5.74) is 3.30. The van der Waals surface area contributed by atoms with E-state index in [-0.39, 0.29) is 5.38 Å². The van der Waals surface area contributed by atoms with Gasteiger partial charge in [-0.15, -0.1) is 11.6 Å². The van der Waals surface area contributed by atoms with Gasteiger partial charge in [0.05, 0.1) is 16.1 Å². The fraction of sp³-hybridized carbons (Fsp3) is 0.200. The maximum Gasteiger partial charge on any atom is 0.164 e. The molecule has 3 rings (SSSR count). The smallest absolute Gasteiger partial charge is 0.164 e. The second-order valence-corrected chi connectivity index (χ2v) is 6.30. The lowest BCUT2D eigenvalue weighted by molar-refractivity contribution is 0.873. The van der Waals surface area contributed by atoms with Crippen LogP contribution >= 0.6 is 34.8 Å². The molecule has 3 aromatic rings. The summed E-state index contributed by atoms with van der Waals surface area (Å²) in [6.07, 6.45) is 1.60. The summed E-state index contributed by atoms with van der Waals surface area (Å²) in [5.74, 6) is 0.715. The lowest BCUT2D eigenvalue weighted by Gasteiger charge is -2.13. The van der Waals surface area contributed by atoms with Crippen molar-refractivity contribution in [2.24, 2.45) is 0 Å². The van der Waals surface area contributed by atoms with Gasteiger partial charge >= 0.3 is 0 Å². The van der Waals surface area contributed by atoms with E-state index < -0.39 is 0 Å². The first-order valence-electron chi connectivity index (χ1n) is 6.42. The van der Waals surface area contributed by atoms with Gasteiger partial charge in [-0.2, -0.15) is 0 Å². The molecule has 1 aromatic carbocycles. The van der Waals surface area contributed by atoms with Crippen LogP contribution < -0.4 is 0 Å². The SMILES string of the molecule is Cc1c(Cl)cccc1-n1c(C(C)Cl)nc2cc(Cl)cnc21. The van der Waals surface area contributed by atoms with E-state index in [1.165, 1.54) is 0 Å². The Bertz CT molecular complexity index is 824. The largest absolute Gasteiger partial charge is 0.279 e. The van der Waals surface area contributed by atoms with Gasteiger partial charge in [0.1, 0.15) is 11.3 Å². The third kappa shape index (κ3) is 2.50. The Hall–Kier alpha value is -1.29. The zero-order valence-corrected chi connectivity index (χ0v) is 13.7. The van der Waals surface area contributed by atoms with E-state index in [0.717, 1.165) is 11.3 Å². The molecule has 0 N–H and O–H groups in total. The van der Waals surface area contributed by atoms with Crippen LogP contribution in [0.2, 0.25) is 10.0 Å². The molecule has 1 atom stereocenters. The van der Waals surface area contributed by atoms with Crippen molar-refractivity contribution in [3.63, 3.8) is 0 Å². The first-order chi connectivity index (χ1) is 9.99. The monoisotopic (exact) mass is 339 g/mol. The topological polar surface area (TPSA) is 30.7 Å². The minimum absolute atomic E-state index is 0.267. The standard InChI is InChI=1S/C15H12Cl3N3/c1-8-11(18)4-3-5-13(8)21-14(9(2)16)20-12-6-10(17)7-19-15(12)21/h3-7,9H,1-2H3. The molecular weight excluding hydrogens is 329 g/mol. The molecule has 3 nitrogen and oxygen atoms in total. The van der Waals surface area contributed by atoms with Gasteiger partial charge < -0.3 is 0 Å². The Kier molecular flexibility index (Phi) is 3.82. The highest BCUT2D eigenvalue weighted by atomic mass is 35.5. The van der Waals surface area contributed by atoms with Gasteiger partial charge in [0, 0.05) is 11.2 Å². The average molecular weight is 341 g/mol. The van der Waals surface area contributed by atoms with Crippen molar-refractivity contribution < 1.29 is 0 Å². The molecule has 0 aliphatic heterocycles. The van der Waals surface area contributed by atoms with Gasteiger partial charge in [-0.1, -0.05) is 29.3 Å². The molecular formula is C15H12Cl3N3. The number of benzene rings is 1. The molecule has 2 heterocycles. The van der Waals surface area contributed by atoms with Crippen molar-refractivity contribution in [1.82, 2.24) is 14.5 Å². The molecule has 0 fully saturated rings. The minimum Gasteiger partial charge on any atom is -0.279 e. The zero-order valence-electron chi connectivity index (χ0n) is 11.4. The van der Waals surface area contributed by atoms with E-state index in [0.29, 0.717) is 27.0 Å². The molecule has 0 bridgehead atoms. The van der Waals surface area contributed by atoms with Crippen molar-refractivity contribution in [3.05, 3.63) is 51.9 Å². The van der Waals surface area contributed by atoms with Crippen LogP contribution in [0, 0.1) is 6.92 Å². The minimum atomic E-state index is -0.267. The van der Waals surface area contributed by atoms with Crippen molar-refractivity contribution in [3.8, 4) is 5.69 Å². The second kappa shape index (κ2) is 5.48. The number of pyridine rings is 1. The van der Waals surface area contributed by atoms with Crippen molar-refractivity contribution in [2.45, 2.75) is 19.2 Å². The van der Waals surface area contributed by atoms with E-state index in [4.69, 9.17) is 34.8 Å². The number of imidazole rings is 1. The summed E-state index contributed by atoms with van der Waals surface area (Å²) in [4.78, 5) is 8.96. The number of nitrogens with zero attached hydrogens (tertiary/aromatic N) is 3. The molecule has 0 aliphatic rings. The molecule has 1 unspecified atom stereocenters. The number of aromatic nitrogens is 3. The van der Waals surface area contributed by atoms with E-state index in [9.17, 15) is 0 Å². The number of hydrogen-bond acceptors (Lipinski definition) is 2. The summed E-state index contributed by atoms with van der Waals surface area (Å²) in [7, 11) is 0. The Morgan fingerprint density at radius 3 is 2.71 bits per heavy atom. The normalized spacial score (nSPS) is 12.8. The molecule has 0 spiro atoms. The number of hydrogen-bond donors (Lipinski definition) is 0. The molecule has 2 aromatic heterocycles. The van der Waals surface area contributed by atoms with Gasteiger partial charge in [-0.3, -0.25) is 4.57 Å². The quantitative estimate of drug-likeness (QED) is 0.590. The van der Waals surface area contributed by atoms with Gasteiger partial charge in [-0.25, -0.2) is 9.97 Å². The first-order valence-corrected chi connectivity index (χ1v) is 7.61. The van der Waals surface area contributed by atoms with Gasteiger partial charge in [0.25, 0.3) is 0 Å². The lowest BCUT2D eigenvalue weighted by Crippen LogP contribution is -2.04. The molecule has 0 radical (unpaired) electrons. The number of alkyl halides is 1.